The number of rotatable bonds is 10. The molecule has 7 rings (SSSR count). The number of hydrogen-bond acceptors (Lipinski definition) is 11. The van der Waals surface area contributed by atoms with E-state index in [-0.39, 0.29) is 41.9 Å². The number of anilines is 2. The number of benzene rings is 1. The smallest absolute Gasteiger partial charge is 0.277 e. The summed E-state index contributed by atoms with van der Waals surface area (Å²) in [5.41, 5.74) is 7.86. The van der Waals surface area contributed by atoms with Crippen LogP contribution in [0, 0.1) is 5.92 Å². The zero-order chi connectivity index (χ0) is 36.4. The van der Waals surface area contributed by atoms with E-state index in [1.807, 2.05) is 12.1 Å². The van der Waals surface area contributed by atoms with E-state index in [4.69, 9.17) is 10.5 Å². The number of hydrogen-bond donors (Lipinski definition) is 4. The number of imidazole rings is 1. The van der Waals surface area contributed by atoms with E-state index in [2.05, 4.69) is 40.9 Å². The van der Waals surface area contributed by atoms with Crippen molar-refractivity contribution >= 4 is 46.7 Å². The van der Waals surface area contributed by atoms with Crippen LogP contribution in [0.2, 0.25) is 0 Å². The highest BCUT2D eigenvalue weighted by Crippen LogP contribution is 2.31. The number of ether oxygens (including phenoxy) is 1. The molecule has 52 heavy (non-hydrogen) atoms. The minimum absolute atomic E-state index is 0.0614. The van der Waals surface area contributed by atoms with Gasteiger partial charge in [0.15, 0.2) is 11.5 Å². The molecule has 0 radical (unpaired) electrons. The van der Waals surface area contributed by atoms with Gasteiger partial charge in [-0.05, 0) is 62.3 Å². The second kappa shape index (κ2) is 14.8. The normalized spacial score (nSPS) is 19.0. The zero-order valence-electron chi connectivity index (χ0n) is 28.8. The Morgan fingerprint density at radius 3 is 2.48 bits per heavy atom. The van der Waals surface area contributed by atoms with Crippen molar-refractivity contribution in [1.29, 1.82) is 0 Å². The first-order valence-electron chi connectivity index (χ1n) is 17.5. The molecule has 0 bridgehead atoms. The van der Waals surface area contributed by atoms with Crippen LogP contribution < -0.4 is 31.3 Å². The Labute approximate surface area is 298 Å². The molecule has 1 atom stereocenters. The van der Waals surface area contributed by atoms with Crippen molar-refractivity contribution in [3.8, 4) is 5.75 Å². The number of piperidine rings is 3. The Morgan fingerprint density at radius 1 is 0.962 bits per heavy atom. The first-order chi connectivity index (χ1) is 25.1. The van der Waals surface area contributed by atoms with E-state index in [1.54, 1.807) is 41.5 Å². The molecule has 5 N–H and O–H groups in total. The number of aromatic nitrogens is 5. The molecule has 1 unspecified atom stereocenters. The minimum Gasteiger partial charge on any atom is -0.496 e. The quantitative estimate of drug-likeness (QED) is 0.173. The molecule has 1 aromatic carbocycles. The van der Waals surface area contributed by atoms with Crippen LogP contribution in [0.15, 0.2) is 48.9 Å². The summed E-state index contributed by atoms with van der Waals surface area (Å²) in [5, 5.41) is 16.5. The van der Waals surface area contributed by atoms with Gasteiger partial charge < -0.3 is 30.9 Å². The third-order valence-electron chi connectivity index (χ3n) is 10.1. The number of nitrogens with two attached hydrogens (primary N) is 1. The number of nitrogens with zero attached hydrogens (tertiary/aromatic N) is 7. The third kappa shape index (κ3) is 7.44. The van der Waals surface area contributed by atoms with Crippen LogP contribution in [0.3, 0.4) is 0 Å². The molecule has 3 aliphatic heterocycles. The van der Waals surface area contributed by atoms with Crippen LogP contribution >= 0.6 is 0 Å². The monoisotopic (exact) mass is 711 g/mol. The predicted molar refractivity (Wildman–Crippen MR) is 188 cm³/mol. The van der Waals surface area contributed by atoms with Crippen LogP contribution in [-0.2, 0) is 9.59 Å². The topological polar surface area (TPSA) is 211 Å². The first kappa shape index (κ1) is 34.6. The highest BCUT2D eigenvalue weighted by molar-refractivity contribution is 6.07. The lowest BCUT2D eigenvalue weighted by Gasteiger charge is -2.38. The van der Waals surface area contributed by atoms with Gasteiger partial charge in [0, 0.05) is 69.5 Å². The van der Waals surface area contributed by atoms with E-state index in [0.717, 1.165) is 64.1 Å². The Hall–Kier alpha value is -5.84. The molecule has 0 saturated carbocycles. The van der Waals surface area contributed by atoms with E-state index in [1.165, 1.54) is 11.6 Å². The number of imide groups is 1. The number of methoxy groups -OCH3 is 1. The lowest BCUT2D eigenvalue weighted by atomic mass is 9.94. The molecule has 17 heteroatoms. The average Bonchev–Trinajstić information content (AvgIpc) is 3.80. The first-order valence-corrected chi connectivity index (χ1v) is 17.5. The number of primary amides is 1. The summed E-state index contributed by atoms with van der Waals surface area (Å²) in [4.78, 5) is 70.7. The van der Waals surface area contributed by atoms with Gasteiger partial charge in [0.1, 0.15) is 23.0 Å². The second-order valence-corrected chi connectivity index (χ2v) is 13.5. The SMILES string of the molecule is COc1cc(N2CCC(CN3CCC(n4cc(C(N)=O)c(NC(=O)c5ccc6nccn6n5)n4)CC3)CC2)ccc1C(=O)NC1CCC(=O)NC1=O. The number of likely N-dealkylation sites (tertiary alicyclic amines) is 1. The fourth-order valence-corrected chi connectivity index (χ4v) is 7.20. The molecule has 0 spiro atoms. The fourth-order valence-electron chi connectivity index (χ4n) is 7.20. The Balaban J connectivity index is 0.894. The van der Waals surface area contributed by atoms with Crippen molar-refractivity contribution in [3.63, 3.8) is 0 Å². The highest BCUT2D eigenvalue weighted by atomic mass is 16.5. The van der Waals surface area contributed by atoms with Crippen LogP contribution in [0.1, 0.15) is 75.8 Å². The zero-order valence-corrected chi connectivity index (χ0v) is 28.8. The average molecular weight is 712 g/mol. The number of carbonyl (C=O) groups excluding carboxylic acids is 5. The summed E-state index contributed by atoms with van der Waals surface area (Å²) >= 11 is 0. The van der Waals surface area contributed by atoms with Gasteiger partial charge >= 0.3 is 0 Å². The number of carbonyl (C=O) groups is 5. The van der Waals surface area contributed by atoms with Gasteiger partial charge in [-0.25, -0.2) is 9.50 Å². The largest absolute Gasteiger partial charge is 0.496 e. The molecule has 0 aliphatic carbocycles. The van der Waals surface area contributed by atoms with Crippen LogP contribution in [-0.4, -0.2) is 105 Å². The number of amides is 5. The second-order valence-electron chi connectivity index (χ2n) is 13.5. The summed E-state index contributed by atoms with van der Waals surface area (Å²) in [6.45, 7) is 4.49. The molecular weight excluding hydrogens is 670 g/mol. The maximum Gasteiger partial charge on any atom is 0.277 e. The fraction of sp³-hybridized carbons (Fsp3) is 0.429. The Morgan fingerprint density at radius 2 is 1.75 bits per heavy atom. The van der Waals surface area contributed by atoms with Crippen molar-refractivity contribution in [2.45, 2.75) is 50.6 Å². The molecule has 272 valence electrons. The molecular formula is C35H41N11O6. The molecule has 3 aromatic heterocycles. The van der Waals surface area contributed by atoms with E-state index in [9.17, 15) is 24.0 Å². The van der Waals surface area contributed by atoms with Gasteiger partial charge in [-0.1, -0.05) is 0 Å². The molecule has 3 saturated heterocycles. The summed E-state index contributed by atoms with van der Waals surface area (Å²) in [6, 6.07) is 8.02. The van der Waals surface area contributed by atoms with Crippen molar-refractivity contribution in [2.24, 2.45) is 11.7 Å². The standard InChI is InChI=1S/C35H41N11O6/c1-52-28-18-23(2-3-24(28)33(49)38-26-5-7-30(47)39-34(26)50)44-15-8-21(9-16-44)19-43-13-10-22(11-14-43)46-20-25(31(36)48)32(42-46)40-35(51)27-4-6-29-37-12-17-45(29)41-27/h2-4,6,12,17-18,20-22,26H,5,7-11,13-16,19H2,1H3,(H2,36,48)(H,38,49)(H,39,47,50)(H,40,42,51). The van der Waals surface area contributed by atoms with Crippen molar-refractivity contribution in [3.05, 3.63) is 65.7 Å². The summed E-state index contributed by atoms with van der Waals surface area (Å²) in [6.07, 6.45) is 9.02. The van der Waals surface area contributed by atoms with Gasteiger partial charge in [-0.3, -0.25) is 34.0 Å². The van der Waals surface area contributed by atoms with E-state index >= 15 is 0 Å². The molecule has 17 nitrogen and oxygen atoms in total. The highest BCUT2D eigenvalue weighted by Gasteiger charge is 2.30. The Bertz CT molecular complexity index is 2010. The summed E-state index contributed by atoms with van der Waals surface area (Å²) in [7, 11) is 1.51. The van der Waals surface area contributed by atoms with Crippen LogP contribution in [0.4, 0.5) is 11.5 Å². The molecule has 3 aliphatic rings. The van der Waals surface area contributed by atoms with Crippen LogP contribution in [0.5, 0.6) is 5.75 Å². The number of fused-ring (bicyclic) bond motifs is 1. The third-order valence-corrected chi connectivity index (χ3v) is 10.1. The lowest BCUT2D eigenvalue weighted by molar-refractivity contribution is -0.134. The van der Waals surface area contributed by atoms with Crippen molar-refractivity contribution in [2.75, 3.05) is 50.1 Å². The lowest BCUT2D eigenvalue weighted by Crippen LogP contribution is -2.52. The van der Waals surface area contributed by atoms with E-state index < -0.39 is 29.7 Å². The van der Waals surface area contributed by atoms with E-state index in [0.29, 0.717) is 22.9 Å². The Kier molecular flexibility index (Phi) is 9.84. The molecule has 6 heterocycles. The summed E-state index contributed by atoms with van der Waals surface area (Å²) in [5.74, 6) is -1.37. The number of nitrogens with one attached hydrogen (secondary N) is 3. The van der Waals surface area contributed by atoms with Gasteiger partial charge in [0.05, 0.1) is 18.7 Å². The molecule has 4 aromatic rings. The van der Waals surface area contributed by atoms with Crippen molar-refractivity contribution in [1.82, 2.24) is 39.9 Å². The summed E-state index contributed by atoms with van der Waals surface area (Å²) < 4.78 is 8.80. The maximum atomic E-state index is 13.0. The van der Waals surface area contributed by atoms with Gasteiger partial charge in [0.25, 0.3) is 17.7 Å². The van der Waals surface area contributed by atoms with Gasteiger partial charge in [-0.15, -0.1) is 0 Å². The van der Waals surface area contributed by atoms with Gasteiger partial charge in [-0.2, -0.15) is 10.2 Å². The maximum absolute atomic E-state index is 13.0. The van der Waals surface area contributed by atoms with Crippen molar-refractivity contribution < 1.29 is 28.7 Å². The van der Waals surface area contributed by atoms with Gasteiger partial charge in [0.2, 0.25) is 11.8 Å². The predicted octanol–water partition coefficient (Wildman–Crippen LogP) is 1.37. The van der Waals surface area contributed by atoms with Crippen LogP contribution in [0.25, 0.3) is 5.65 Å². The molecule has 3 fully saturated rings. The molecule has 5 amide bonds. The minimum atomic E-state index is -0.763.